The molecule has 1 heterocycles. The van der Waals surface area contributed by atoms with Crippen LogP contribution in [0.25, 0.3) is 0 Å². The normalized spacial score (nSPS) is 11.1. The van der Waals surface area contributed by atoms with Crippen LogP contribution >= 0.6 is 58.2 Å². The van der Waals surface area contributed by atoms with Gasteiger partial charge in [0, 0.05) is 37.3 Å². The molecule has 0 saturated carbocycles. The van der Waals surface area contributed by atoms with E-state index in [1.165, 1.54) is 11.8 Å². The van der Waals surface area contributed by atoms with Crippen LogP contribution < -0.4 is 0 Å². The summed E-state index contributed by atoms with van der Waals surface area (Å²) < 4.78 is 0. The van der Waals surface area contributed by atoms with Crippen LogP contribution in [0.2, 0.25) is 20.1 Å². The lowest BCUT2D eigenvalue weighted by Crippen LogP contribution is -1.92. The Morgan fingerprint density at radius 2 is 1.70 bits per heavy atom. The van der Waals surface area contributed by atoms with Crippen LogP contribution in [-0.4, -0.2) is 11.2 Å². The number of oxime groups is 1. The van der Waals surface area contributed by atoms with E-state index < -0.39 is 0 Å². The van der Waals surface area contributed by atoms with E-state index in [1.54, 1.807) is 42.7 Å². The maximum atomic E-state index is 6.24. The highest BCUT2D eigenvalue weighted by molar-refractivity contribution is 7.99. The lowest BCUT2D eigenvalue weighted by molar-refractivity contribution is 0.132. The molecule has 0 N–H and O–H groups in total. The predicted molar refractivity (Wildman–Crippen MR) is 114 cm³/mol. The van der Waals surface area contributed by atoms with Gasteiger partial charge in [-0.2, -0.15) is 0 Å². The van der Waals surface area contributed by atoms with Crippen molar-refractivity contribution < 1.29 is 4.84 Å². The minimum atomic E-state index is 0.234. The lowest BCUT2D eigenvalue weighted by Gasteiger charge is -2.06. The molecule has 3 rings (SSSR count). The molecule has 27 heavy (non-hydrogen) atoms. The average Bonchev–Trinajstić information content (AvgIpc) is 2.63. The van der Waals surface area contributed by atoms with Gasteiger partial charge < -0.3 is 4.84 Å². The van der Waals surface area contributed by atoms with Gasteiger partial charge in [0.2, 0.25) is 0 Å². The Kier molecular flexibility index (Phi) is 7.27. The molecule has 0 unspecified atom stereocenters. The van der Waals surface area contributed by atoms with E-state index in [0.717, 1.165) is 21.0 Å². The Balaban J connectivity index is 1.69. The fourth-order valence-electron chi connectivity index (χ4n) is 2.09. The van der Waals surface area contributed by atoms with Gasteiger partial charge in [-0.25, -0.2) is 4.98 Å². The average molecular weight is 458 g/mol. The lowest BCUT2D eigenvalue weighted by atomic mass is 10.2. The molecule has 0 aliphatic carbocycles. The molecule has 3 aromatic rings. The number of aromatic nitrogens is 1. The minimum absolute atomic E-state index is 0.234. The molecule has 0 amide bonds. The predicted octanol–water partition coefficient (Wildman–Crippen LogP) is 7.40. The fourth-order valence-corrected chi connectivity index (χ4v) is 3.93. The Labute approximate surface area is 181 Å². The quantitative estimate of drug-likeness (QED) is 0.285. The first kappa shape index (κ1) is 20.3. The summed E-state index contributed by atoms with van der Waals surface area (Å²) in [5.74, 6) is 0. The molecule has 0 aliphatic heterocycles. The molecule has 8 heteroatoms. The molecule has 0 radical (unpaired) electrons. The Bertz CT molecular complexity index is 982. The largest absolute Gasteiger partial charge is 0.391 e. The summed E-state index contributed by atoms with van der Waals surface area (Å²) in [6.45, 7) is 0.234. The van der Waals surface area contributed by atoms with Crippen LogP contribution in [-0.2, 0) is 11.4 Å². The molecule has 0 atom stereocenters. The zero-order chi connectivity index (χ0) is 19.2. The third kappa shape index (κ3) is 5.77. The number of rotatable bonds is 6. The van der Waals surface area contributed by atoms with Gasteiger partial charge in [0.1, 0.15) is 11.6 Å². The van der Waals surface area contributed by atoms with Gasteiger partial charge in [-0.05, 0) is 42.5 Å². The maximum absolute atomic E-state index is 6.24. The molecule has 0 bridgehead atoms. The van der Waals surface area contributed by atoms with Crippen LogP contribution in [0, 0.1) is 0 Å². The molecule has 1 aromatic heterocycles. The Morgan fingerprint density at radius 3 is 2.44 bits per heavy atom. The van der Waals surface area contributed by atoms with Crippen LogP contribution in [0.3, 0.4) is 0 Å². The fraction of sp³-hybridized carbons (Fsp3) is 0.0526. The molecule has 0 aliphatic rings. The number of hydrogen-bond donors (Lipinski definition) is 0. The van der Waals surface area contributed by atoms with Crippen molar-refractivity contribution >= 4 is 64.4 Å². The zero-order valence-electron chi connectivity index (χ0n) is 13.7. The van der Waals surface area contributed by atoms with E-state index in [2.05, 4.69) is 10.1 Å². The third-order valence-electron chi connectivity index (χ3n) is 3.40. The van der Waals surface area contributed by atoms with Crippen LogP contribution in [0.5, 0.6) is 0 Å². The Morgan fingerprint density at radius 1 is 0.963 bits per heavy atom. The van der Waals surface area contributed by atoms with Crippen molar-refractivity contribution in [2.24, 2.45) is 5.16 Å². The zero-order valence-corrected chi connectivity index (χ0v) is 17.5. The Hall–Kier alpha value is -1.43. The first-order chi connectivity index (χ1) is 13.0. The summed E-state index contributed by atoms with van der Waals surface area (Å²) >= 11 is 25.6. The molecule has 0 fully saturated rings. The highest BCUT2D eigenvalue weighted by Crippen LogP contribution is 2.34. The highest BCUT2D eigenvalue weighted by Gasteiger charge is 2.08. The molecular formula is C19H12Cl4N2OS. The monoisotopic (exact) mass is 456 g/mol. The highest BCUT2D eigenvalue weighted by atomic mass is 35.5. The molecule has 138 valence electrons. The number of benzene rings is 2. The summed E-state index contributed by atoms with van der Waals surface area (Å²) in [5, 5.41) is 7.02. The first-order valence-electron chi connectivity index (χ1n) is 7.70. The van der Waals surface area contributed by atoms with Gasteiger partial charge >= 0.3 is 0 Å². The molecular weight excluding hydrogens is 446 g/mol. The second-order valence-electron chi connectivity index (χ2n) is 5.32. The molecule has 0 saturated heterocycles. The summed E-state index contributed by atoms with van der Waals surface area (Å²) in [6, 6.07) is 14.3. The first-order valence-corrected chi connectivity index (χ1v) is 10.0. The van der Waals surface area contributed by atoms with Crippen molar-refractivity contribution in [1.82, 2.24) is 4.98 Å². The van der Waals surface area contributed by atoms with Crippen molar-refractivity contribution in [3.8, 4) is 0 Å². The smallest absolute Gasteiger partial charge is 0.143 e. The summed E-state index contributed by atoms with van der Waals surface area (Å²) in [7, 11) is 0. The van der Waals surface area contributed by atoms with Crippen LogP contribution in [0.15, 0.2) is 69.8 Å². The minimum Gasteiger partial charge on any atom is -0.391 e. The third-order valence-corrected chi connectivity index (χ3v) is 5.76. The van der Waals surface area contributed by atoms with E-state index in [9.17, 15) is 0 Å². The SMILES string of the molecule is Clc1ccc(CO/N=C/c2cccnc2Sc2ccc(Cl)cc2Cl)c(Cl)c1. The van der Waals surface area contributed by atoms with Crippen LogP contribution in [0.4, 0.5) is 0 Å². The van der Waals surface area contributed by atoms with E-state index in [-0.39, 0.29) is 6.61 Å². The van der Waals surface area contributed by atoms with Gasteiger partial charge in [-0.15, -0.1) is 0 Å². The van der Waals surface area contributed by atoms with E-state index in [4.69, 9.17) is 51.2 Å². The second-order valence-corrected chi connectivity index (χ2v) is 8.04. The van der Waals surface area contributed by atoms with Crippen molar-refractivity contribution in [1.29, 1.82) is 0 Å². The van der Waals surface area contributed by atoms with Gasteiger partial charge in [0.15, 0.2) is 0 Å². The second kappa shape index (κ2) is 9.67. The number of hydrogen-bond acceptors (Lipinski definition) is 4. The van der Waals surface area contributed by atoms with E-state index in [1.807, 2.05) is 18.2 Å². The standard InChI is InChI=1S/C19H12Cl4N2OS/c20-14-4-3-13(16(22)8-14)11-26-25-10-12-2-1-7-24-19(12)27-18-6-5-15(21)9-17(18)23/h1-10H,11H2/b25-10+. The van der Waals surface area contributed by atoms with Crippen molar-refractivity contribution in [3.05, 3.63) is 85.9 Å². The summed E-state index contributed by atoms with van der Waals surface area (Å²) in [5.41, 5.74) is 1.60. The topological polar surface area (TPSA) is 34.5 Å². The molecule has 0 spiro atoms. The van der Waals surface area contributed by atoms with Gasteiger partial charge in [0.05, 0.1) is 11.2 Å². The van der Waals surface area contributed by atoms with Crippen molar-refractivity contribution in [2.75, 3.05) is 0 Å². The summed E-state index contributed by atoms with van der Waals surface area (Å²) in [4.78, 5) is 10.6. The van der Waals surface area contributed by atoms with Gasteiger partial charge in [-0.3, -0.25) is 0 Å². The number of pyridine rings is 1. The van der Waals surface area contributed by atoms with E-state index in [0.29, 0.717) is 20.1 Å². The summed E-state index contributed by atoms with van der Waals surface area (Å²) in [6.07, 6.45) is 3.31. The van der Waals surface area contributed by atoms with Crippen LogP contribution in [0.1, 0.15) is 11.1 Å². The molecule has 3 nitrogen and oxygen atoms in total. The number of halogens is 4. The van der Waals surface area contributed by atoms with Gasteiger partial charge in [0.25, 0.3) is 0 Å². The van der Waals surface area contributed by atoms with E-state index >= 15 is 0 Å². The van der Waals surface area contributed by atoms with Crippen molar-refractivity contribution in [3.63, 3.8) is 0 Å². The maximum Gasteiger partial charge on any atom is 0.143 e. The molecule has 2 aromatic carbocycles. The number of nitrogens with zero attached hydrogens (tertiary/aromatic N) is 2. The van der Waals surface area contributed by atoms with Gasteiger partial charge in [-0.1, -0.05) is 69.4 Å². The van der Waals surface area contributed by atoms with Crippen molar-refractivity contribution in [2.45, 2.75) is 16.5 Å².